The first-order valence-corrected chi connectivity index (χ1v) is 9.93. The molecule has 0 radical (unpaired) electrons. The van der Waals surface area contributed by atoms with E-state index in [1.165, 1.54) is 24.3 Å². The lowest BCUT2D eigenvalue weighted by Crippen LogP contribution is -2.11. The van der Waals surface area contributed by atoms with Gasteiger partial charge >= 0.3 is 6.18 Å². The van der Waals surface area contributed by atoms with Crippen molar-refractivity contribution in [2.75, 3.05) is 0 Å². The molecule has 0 spiro atoms. The van der Waals surface area contributed by atoms with E-state index in [0.29, 0.717) is 35.2 Å². The number of benzene rings is 3. The van der Waals surface area contributed by atoms with Gasteiger partial charge in [-0.1, -0.05) is 61.9 Å². The summed E-state index contributed by atoms with van der Waals surface area (Å²) in [4.78, 5) is 0. The molecule has 3 aromatic carbocycles. The van der Waals surface area contributed by atoms with E-state index in [0.717, 1.165) is 6.42 Å². The first-order chi connectivity index (χ1) is 15.1. The normalized spacial score (nSPS) is 12.6. The van der Waals surface area contributed by atoms with Gasteiger partial charge in [0.1, 0.15) is 23.0 Å². The van der Waals surface area contributed by atoms with Crippen LogP contribution in [-0.2, 0) is 6.18 Å². The zero-order valence-corrected chi connectivity index (χ0v) is 17.0. The van der Waals surface area contributed by atoms with Crippen LogP contribution < -0.4 is 0 Å². The van der Waals surface area contributed by atoms with Crippen molar-refractivity contribution in [2.45, 2.75) is 32.4 Å². The van der Waals surface area contributed by atoms with Crippen LogP contribution in [0, 0.1) is 11.6 Å². The first-order valence-electron chi connectivity index (χ1n) is 9.93. The Hall–Kier alpha value is -3.09. The summed E-state index contributed by atoms with van der Waals surface area (Å²) in [6, 6.07) is 13.6. The largest absolute Gasteiger partial charge is 0.422 e. The summed E-state index contributed by atoms with van der Waals surface area (Å²) in [5, 5.41) is 0. The molecule has 0 N–H and O–H groups in total. The Balaban J connectivity index is 1.84. The van der Waals surface area contributed by atoms with Gasteiger partial charge in [0, 0.05) is 12.0 Å². The van der Waals surface area contributed by atoms with Crippen LogP contribution in [0.1, 0.15) is 37.3 Å². The lowest BCUT2D eigenvalue weighted by molar-refractivity contribution is -0.142. The van der Waals surface area contributed by atoms with E-state index >= 15 is 0 Å². The second-order valence-electron chi connectivity index (χ2n) is 7.29. The van der Waals surface area contributed by atoms with E-state index in [1.807, 2.05) is 6.92 Å². The molecular formula is C25H19F7. The summed E-state index contributed by atoms with van der Waals surface area (Å²) >= 11 is 0. The highest BCUT2D eigenvalue weighted by Crippen LogP contribution is 2.36. The van der Waals surface area contributed by atoms with Gasteiger partial charge in [0.15, 0.2) is 5.83 Å². The monoisotopic (exact) mass is 452 g/mol. The van der Waals surface area contributed by atoms with Crippen LogP contribution in [0.2, 0.25) is 0 Å². The number of unbranched alkanes of at least 4 members (excludes halogenated alkanes) is 1. The summed E-state index contributed by atoms with van der Waals surface area (Å²) < 4.78 is 93.9. The molecule has 0 saturated carbocycles. The summed E-state index contributed by atoms with van der Waals surface area (Å²) in [5.74, 6) is -5.06. The minimum Gasteiger partial charge on any atom is -0.209 e. The van der Waals surface area contributed by atoms with Gasteiger partial charge in [-0.3, -0.25) is 0 Å². The summed E-state index contributed by atoms with van der Waals surface area (Å²) in [6.07, 6.45) is -3.79. The molecule has 7 heteroatoms. The van der Waals surface area contributed by atoms with Gasteiger partial charge in [0.25, 0.3) is 0 Å². The summed E-state index contributed by atoms with van der Waals surface area (Å²) in [6.45, 7) is 1.88. The minimum absolute atomic E-state index is 0.0374. The third-order valence-electron chi connectivity index (χ3n) is 5.00. The van der Waals surface area contributed by atoms with Crippen molar-refractivity contribution >= 4 is 5.83 Å². The maximum atomic E-state index is 14.2. The summed E-state index contributed by atoms with van der Waals surface area (Å²) in [7, 11) is 0. The van der Waals surface area contributed by atoms with Gasteiger partial charge < -0.3 is 0 Å². The molecule has 32 heavy (non-hydrogen) atoms. The highest BCUT2D eigenvalue weighted by Gasteiger charge is 2.37. The average Bonchev–Trinajstić information content (AvgIpc) is 2.75. The van der Waals surface area contributed by atoms with Crippen LogP contribution in [-0.4, -0.2) is 0 Å². The van der Waals surface area contributed by atoms with E-state index in [4.69, 9.17) is 0 Å². The third-order valence-corrected chi connectivity index (χ3v) is 5.00. The van der Waals surface area contributed by atoms with Crippen molar-refractivity contribution in [3.05, 3.63) is 89.3 Å². The Morgan fingerprint density at radius 1 is 0.719 bits per heavy atom. The molecule has 3 aromatic rings. The van der Waals surface area contributed by atoms with Crippen LogP contribution in [0.15, 0.2) is 66.5 Å². The molecule has 0 heterocycles. The fourth-order valence-corrected chi connectivity index (χ4v) is 3.27. The van der Waals surface area contributed by atoms with Crippen molar-refractivity contribution in [1.82, 2.24) is 0 Å². The molecule has 0 aromatic heterocycles. The van der Waals surface area contributed by atoms with Crippen molar-refractivity contribution in [3.8, 4) is 22.3 Å². The average molecular weight is 452 g/mol. The minimum atomic E-state index is -5.13. The number of allylic oxidation sites excluding steroid dienone is 1. The second-order valence-corrected chi connectivity index (χ2v) is 7.29. The fourth-order valence-electron chi connectivity index (χ4n) is 3.27. The molecule has 0 nitrogen and oxygen atoms in total. The molecule has 0 aliphatic heterocycles. The van der Waals surface area contributed by atoms with Crippen molar-refractivity contribution < 1.29 is 30.7 Å². The van der Waals surface area contributed by atoms with E-state index < -0.39 is 35.0 Å². The predicted octanol–water partition coefficient (Wildman–Crippen LogP) is 9.12. The quantitative estimate of drug-likeness (QED) is 0.327. The van der Waals surface area contributed by atoms with Crippen molar-refractivity contribution in [1.29, 1.82) is 0 Å². The Kier molecular flexibility index (Phi) is 7.06. The maximum Gasteiger partial charge on any atom is 0.422 e. The molecule has 168 valence electrons. The molecule has 0 atom stereocenters. The number of rotatable bonds is 6. The molecule has 0 amide bonds. The zero-order valence-electron chi connectivity index (χ0n) is 17.0. The molecule has 0 bridgehead atoms. The van der Waals surface area contributed by atoms with Gasteiger partial charge in [-0.25, -0.2) is 17.6 Å². The lowest BCUT2D eigenvalue weighted by Gasteiger charge is -2.11. The molecular weight excluding hydrogens is 433 g/mol. The number of alkyl halides is 3. The topological polar surface area (TPSA) is 0 Å². The molecule has 3 rings (SSSR count). The van der Waals surface area contributed by atoms with Crippen LogP contribution in [0.4, 0.5) is 30.7 Å². The third kappa shape index (κ3) is 5.21. The number of hydrogen-bond donors (Lipinski definition) is 0. The Morgan fingerprint density at radius 2 is 1.16 bits per heavy atom. The van der Waals surface area contributed by atoms with Gasteiger partial charge in [0.05, 0.1) is 0 Å². The Labute approximate surface area is 181 Å². The molecule has 0 unspecified atom stereocenters. The smallest absolute Gasteiger partial charge is 0.209 e. The number of hydrogen-bond acceptors (Lipinski definition) is 0. The van der Waals surface area contributed by atoms with Gasteiger partial charge in [0.2, 0.25) is 0 Å². The highest BCUT2D eigenvalue weighted by molar-refractivity contribution is 5.72. The lowest BCUT2D eigenvalue weighted by atomic mass is 9.98. The van der Waals surface area contributed by atoms with Gasteiger partial charge in [-0.15, -0.1) is 0 Å². The molecule has 0 saturated heterocycles. The van der Waals surface area contributed by atoms with E-state index in [9.17, 15) is 30.7 Å². The van der Waals surface area contributed by atoms with E-state index in [1.54, 1.807) is 24.3 Å². The van der Waals surface area contributed by atoms with Crippen LogP contribution in [0.3, 0.4) is 0 Å². The molecule has 0 aliphatic rings. The molecule has 0 aliphatic carbocycles. The standard InChI is InChI=1S/C25H19F7/c1-2-3-4-20(26)24(29)18-11-9-16(10-12-18)15-5-7-17(8-6-15)19-13-21(27)23(22(28)14-19)25(30,31)32/h5-14H,2-4H2,1H3/b24-20+. The highest BCUT2D eigenvalue weighted by atomic mass is 19.4. The number of halogens is 7. The predicted molar refractivity (Wildman–Crippen MR) is 111 cm³/mol. The molecule has 0 fully saturated rings. The van der Waals surface area contributed by atoms with Crippen LogP contribution in [0.25, 0.3) is 28.1 Å². The first kappa shape index (κ1) is 23.6. The Morgan fingerprint density at radius 3 is 1.59 bits per heavy atom. The summed E-state index contributed by atoms with van der Waals surface area (Å²) in [5.41, 5.74) is -0.149. The SMILES string of the molecule is CCCC/C(F)=C(\F)c1ccc(-c2ccc(-c3cc(F)c(C(F)(F)F)c(F)c3)cc2)cc1. The van der Waals surface area contributed by atoms with Crippen LogP contribution >= 0.6 is 0 Å². The van der Waals surface area contributed by atoms with E-state index in [-0.39, 0.29) is 17.5 Å². The Bertz CT molecular complexity index is 1090. The maximum absolute atomic E-state index is 14.2. The van der Waals surface area contributed by atoms with Gasteiger partial charge in [-0.05, 0) is 40.8 Å². The fraction of sp³-hybridized carbons (Fsp3) is 0.200. The van der Waals surface area contributed by atoms with Crippen molar-refractivity contribution in [3.63, 3.8) is 0 Å². The zero-order chi connectivity index (χ0) is 23.5. The second kappa shape index (κ2) is 9.59. The van der Waals surface area contributed by atoms with Gasteiger partial charge in [-0.2, -0.15) is 13.2 Å². The van der Waals surface area contributed by atoms with Crippen LogP contribution in [0.5, 0.6) is 0 Å². The van der Waals surface area contributed by atoms with Crippen molar-refractivity contribution in [2.24, 2.45) is 0 Å². The van der Waals surface area contributed by atoms with E-state index in [2.05, 4.69) is 0 Å².